The molecule has 148 valence electrons. The predicted octanol–water partition coefficient (Wildman–Crippen LogP) is 2.71. The molecule has 8 nitrogen and oxygen atoms in total. The van der Waals surface area contributed by atoms with Gasteiger partial charge in [-0.25, -0.2) is 13.4 Å². The number of nitrogens with one attached hydrogen (secondary N) is 1. The summed E-state index contributed by atoms with van der Waals surface area (Å²) in [6, 6.07) is 0. The van der Waals surface area contributed by atoms with Crippen LogP contribution in [0.5, 0.6) is 0 Å². The molecule has 1 aliphatic heterocycles. The van der Waals surface area contributed by atoms with Crippen LogP contribution in [0.4, 0.5) is 0 Å². The fourth-order valence-electron chi connectivity index (χ4n) is 4.83. The van der Waals surface area contributed by atoms with Gasteiger partial charge in [-0.1, -0.05) is 24.9 Å². The zero-order valence-corrected chi connectivity index (χ0v) is 17.0. The molecule has 1 saturated heterocycles. The van der Waals surface area contributed by atoms with Gasteiger partial charge in [0.1, 0.15) is 16.4 Å². The van der Waals surface area contributed by atoms with E-state index in [-0.39, 0.29) is 16.2 Å². The average Bonchev–Trinajstić information content (AvgIpc) is 3.38. The minimum Gasteiger partial charge on any atom is -0.360 e. The highest BCUT2D eigenvalue weighted by atomic mass is 32.2. The van der Waals surface area contributed by atoms with Crippen LogP contribution in [-0.4, -0.2) is 46.2 Å². The maximum atomic E-state index is 13.3. The van der Waals surface area contributed by atoms with Gasteiger partial charge in [0.2, 0.25) is 10.0 Å². The highest BCUT2D eigenvalue weighted by Crippen LogP contribution is 2.53. The van der Waals surface area contributed by atoms with Crippen LogP contribution >= 0.6 is 0 Å². The van der Waals surface area contributed by atoms with Crippen molar-refractivity contribution in [3.8, 4) is 0 Å². The molecule has 3 heterocycles. The van der Waals surface area contributed by atoms with Crippen LogP contribution in [0.1, 0.15) is 68.0 Å². The van der Waals surface area contributed by atoms with Gasteiger partial charge in [-0.2, -0.15) is 9.40 Å². The maximum Gasteiger partial charge on any atom is 0.248 e. The highest BCUT2D eigenvalue weighted by Gasteiger charge is 2.53. The van der Waals surface area contributed by atoms with Crippen LogP contribution in [0.15, 0.2) is 9.42 Å². The predicted molar refractivity (Wildman–Crippen MR) is 98.8 cm³/mol. The summed E-state index contributed by atoms with van der Waals surface area (Å²) >= 11 is 0. The second kappa shape index (κ2) is 6.70. The van der Waals surface area contributed by atoms with E-state index in [2.05, 4.69) is 22.3 Å². The zero-order chi connectivity index (χ0) is 19.2. The molecule has 0 amide bonds. The molecular weight excluding hydrogens is 366 g/mol. The van der Waals surface area contributed by atoms with Crippen molar-refractivity contribution in [2.45, 2.75) is 70.1 Å². The number of aromatic amines is 1. The molecule has 0 aromatic carbocycles. The Morgan fingerprint density at radius 3 is 2.67 bits per heavy atom. The lowest BCUT2D eigenvalue weighted by atomic mass is 9.76. The van der Waals surface area contributed by atoms with E-state index in [1.807, 2.05) is 0 Å². The van der Waals surface area contributed by atoms with Crippen molar-refractivity contribution in [3.63, 3.8) is 0 Å². The van der Waals surface area contributed by atoms with Gasteiger partial charge in [-0.05, 0) is 38.5 Å². The highest BCUT2D eigenvalue weighted by molar-refractivity contribution is 7.89. The Morgan fingerprint density at radius 1 is 1.30 bits per heavy atom. The summed E-state index contributed by atoms with van der Waals surface area (Å²) in [5.41, 5.74) is 0.345. The average molecular weight is 394 g/mol. The van der Waals surface area contributed by atoms with Crippen molar-refractivity contribution >= 4 is 10.0 Å². The molecule has 1 spiro atoms. The van der Waals surface area contributed by atoms with Crippen molar-refractivity contribution in [2.75, 3.05) is 13.1 Å². The van der Waals surface area contributed by atoms with Gasteiger partial charge < -0.3 is 4.52 Å². The fraction of sp³-hybridized carbons (Fsp3) is 0.722. The molecule has 1 aliphatic carbocycles. The lowest BCUT2D eigenvalue weighted by Crippen LogP contribution is -2.32. The molecule has 2 aliphatic rings. The van der Waals surface area contributed by atoms with Gasteiger partial charge in [0, 0.05) is 25.4 Å². The molecular formula is C18H27N5O3S. The fourth-order valence-corrected chi connectivity index (χ4v) is 6.68. The van der Waals surface area contributed by atoms with Gasteiger partial charge in [0.25, 0.3) is 0 Å². The monoisotopic (exact) mass is 393 g/mol. The van der Waals surface area contributed by atoms with Crippen molar-refractivity contribution < 1.29 is 12.9 Å². The van der Waals surface area contributed by atoms with Crippen LogP contribution in [0.25, 0.3) is 0 Å². The second-order valence-electron chi connectivity index (χ2n) is 7.96. The quantitative estimate of drug-likeness (QED) is 0.837. The van der Waals surface area contributed by atoms with E-state index in [4.69, 9.17) is 9.51 Å². The van der Waals surface area contributed by atoms with Crippen molar-refractivity contribution in [3.05, 3.63) is 23.1 Å². The number of sulfonamides is 1. The Bertz CT molecular complexity index is 907. The van der Waals surface area contributed by atoms with E-state index in [0.717, 1.165) is 50.2 Å². The Hall–Kier alpha value is -1.74. The van der Waals surface area contributed by atoms with Crippen LogP contribution in [0.3, 0.4) is 0 Å². The van der Waals surface area contributed by atoms with Gasteiger partial charge in [0.05, 0.1) is 0 Å². The zero-order valence-electron chi connectivity index (χ0n) is 16.2. The summed E-state index contributed by atoms with van der Waals surface area (Å²) in [7, 11) is -3.65. The summed E-state index contributed by atoms with van der Waals surface area (Å²) < 4.78 is 33.4. The molecule has 27 heavy (non-hydrogen) atoms. The van der Waals surface area contributed by atoms with Crippen LogP contribution in [-0.2, 0) is 16.4 Å². The molecule has 0 bridgehead atoms. The molecule has 9 heteroatoms. The molecule has 4 rings (SSSR count). The first-order chi connectivity index (χ1) is 12.9. The van der Waals surface area contributed by atoms with E-state index in [1.54, 1.807) is 18.2 Å². The first kappa shape index (κ1) is 18.6. The number of aryl methyl sites for hydroxylation is 3. The molecule has 2 aromatic heterocycles. The van der Waals surface area contributed by atoms with E-state index >= 15 is 0 Å². The van der Waals surface area contributed by atoms with Crippen molar-refractivity contribution in [2.24, 2.45) is 5.41 Å². The summed E-state index contributed by atoms with van der Waals surface area (Å²) in [6.45, 7) is 6.36. The molecule has 1 atom stereocenters. The molecule has 2 fully saturated rings. The topological polar surface area (TPSA) is 105 Å². The molecule has 0 radical (unpaired) electrons. The summed E-state index contributed by atoms with van der Waals surface area (Å²) in [4.78, 5) is 4.90. The molecule has 1 unspecified atom stereocenters. The minimum absolute atomic E-state index is 0.0251. The summed E-state index contributed by atoms with van der Waals surface area (Å²) in [5, 5.41) is 11.3. The van der Waals surface area contributed by atoms with Gasteiger partial charge in [-0.3, -0.25) is 5.10 Å². The first-order valence-electron chi connectivity index (χ1n) is 9.71. The van der Waals surface area contributed by atoms with Crippen LogP contribution < -0.4 is 0 Å². The van der Waals surface area contributed by atoms with E-state index in [1.165, 1.54) is 0 Å². The SMILES string of the molecule is CCCc1nc(C2CN(S(=O)(=O)c3c(C)noc3C)CC23CCCC3)n[nH]1. The number of aromatic nitrogens is 4. The van der Waals surface area contributed by atoms with Gasteiger partial charge in [-0.15, -0.1) is 0 Å². The standard InChI is InChI=1S/C18H27N5O3S/c1-4-7-15-19-17(21-20-15)14-10-23(11-18(14)8-5-6-9-18)27(24,25)16-12(2)22-26-13(16)3/h14H,4-11H2,1-3H3,(H,19,20,21). The van der Waals surface area contributed by atoms with E-state index < -0.39 is 10.0 Å². The van der Waals surface area contributed by atoms with Crippen molar-refractivity contribution in [1.82, 2.24) is 24.6 Å². The molecule has 1 saturated carbocycles. The molecule has 2 aromatic rings. The smallest absolute Gasteiger partial charge is 0.248 e. The Labute approximate surface area is 159 Å². The van der Waals surface area contributed by atoms with Crippen LogP contribution in [0, 0.1) is 19.3 Å². The minimum atomic E-state index is -3.65. The number of hydrogen-bond acceptors (Lipinski definition) is 6. The number of hydrogen-bond donors (Lipinski definition) is 1. The Morgan fingerprint density at radius 2 is 2.04 bits per heavy atom. The normalized spacial score (nSPS) is 22.9. The van der Waals surface area contributed by atoms with E-state index in [0.29, 0.717) is 24.5 Å². The lowest BCUT2D eigenvalue weighted by molar-refractivity contribution is 0.277. The first-order valence-corrected chi connectivity index (χ1v) is 11.2. The Kier molecular flexibility index (Phi) is 4.62. The lowest BCUT2D eigenvalue weighted by Gasteiger charge is -2.28. The van der Waals surface area contributed by atoms with Crippen molar-refractivity contribution in [1.29, 1.82) is 0 Å². The third kappa shape index (κ3) is 3.00. The largest absolute Gasteiger partial charge is 0.360 e. The Balaban J connectivity index is 1.69. The van der Waals surface area contributed by atoms with Crippen LogP contribution in [0.2, 0.25) is 0 Å². The second-order valence-corrected chi connectivity index (χ2v) is 9.84. The number of nitrogens with zero attached hydrogens (tertiary/aromatic N) is 4. The number of rotatable bonds is 5. The van der Waals surface area contributed by atoms with E-state index in [9.17, 15) is 8.42 Å². The summed E-state index contributed by atoms with van der Waals surface area (Å²) in [6.07, 6.45) is 6.14. The number of H-pyrrole nitrogens is 1. The maximum absolute atomic E-state index is 13.3. The molecule has 1 N–H and O–H groups in total. The third-order valence-corrected chi connectivity index (χ3v) is 8.19. The van der Waals surface area contributed by atoms with Gasteiger partial charge in [0.15, 0.2) is 11.6 Å². The van der Waals surface area contributed by atoms with Gasteiger partial charge >= 0.3 is 0 Å². The third-order valence-electron chi connectivity index (χ3n) is 6.13. The summed E-state index contributed by atoms with van der Waals surface area (Å²) in [5.74, 6) is 2.01.